The predicted octanol–water partition coefficient (Wildman–Crippen LogP) is 1.87. The molecule has 2 heterocycles. The normalized spacial score (nSPS) is 16.8. The molecule has 0 saturated carbocycles. The first-order chi connectivity index (χ1) is 8.65. The van der Waals surface area contributed by atoms with Crippen LogP contribution in [0.25, 0.3) is 0 Å². The Labute approximate surface area is 107 Å². The van der Waals surface area contributed by atoms with Gasteiger partial charge in [0, 0.05) is 31.9 Å². The van der Waals surface area contributed by atoms with Crippen LogP contribution in [0.3, 0.4) is 0 Å². The van der Waals surface area contributed by atoms with E-state index in [1.165, 1.54) is 0 Å². The van der Waals surface area contributed by atoms with Gasteiger partial charge in [0.15, 0.2) is 0 Å². The van der Waals surface area contributed by atoms with Crippen LogP contribution in [0.1, 0.15) is 31.2 Å². The average Bonchev–Trinajstić information content (AvgIpc) is 2.38. The summed E-state index contributed by atoms with van der Waals surface area (Å²) < 4.78 is 0. The predicted molar refractivity (Wildman–Crippen MR) is 68.6 cm³/mol. The van der Waals surface area contributed by atoms with E-state index in [0.717, 1.165) is 43.9 Å². The number of aliphatic carboxylic acids is 1. The summed E-state index contributed by atoms with van der Waals surface area (Å²) in [7, 11) is 0. The average molecular weight is 249 g/mol. The van der Waals surface area contributed by atoms with Gasteiger partial charge in [-0.3, -0.25) is 4.79 Å². The molecule has 0 aliphatic carbocycles. The Kier molecular flexibility index (Phi) is 4.12. The van der Waals surface area contributed by atoms with Gasteiger partial charge in [0.05, 0.1) is 0 Å². The van der Waals surface area contributed by atoms with Gasteiger partial charge in [-0.15, -0.1) is 0 Å². The summed E-state index contributed by atoms with van der Waals surface area (Å²) >= 11 is 0. The van der Waals surface area contributed by atoms with Gasteiger partial charge in [0.25, 0.3) is 0 Å². The number of carboxylic acid groups (broad SMARTS) is 1. The van der Waals surface area contributed by atoms with E-state index in [9.17, 15) is 4.79 Å². The van der Waals surface area contributed by atoms with Gasteiger partial charge in [0.2, 0.25) is 5.95 Å². The SMILES string of the molecule is Cc1cnc(N2CCC(CCC(=O)O)CC2)nc1. The molecule has 1 saturated heterocycles. The molecule has 1 aliphatic heterocycles. The van der Waals surface area contributed by atoms with E-state index in [1.54, 1.807) is 0 Å². The van der Waals surface area contributed by atoms with Gasteiger partial charge in [-0.1, -0.05) is 0 Å². The molecule has 2 rings (SSSR count). The van der Waals surface area contributed by atoms with Crippen molar-refractivity contribution in [1.82, 2.24) is 9.97 Å². The molecular formula is C13H19N3O2. The molecule has 0 radical (unpaired) electrons. The molecule has 0 amide bonds. The number of carbonyl (C=O) groups is 1. The van der Waals surface area contributed by atoms with E-state index in [0.29, 0.717) is 5.92 Å². The maximum Gasteiger partial charge on any atom is 0.303 e. The molecule has 0 atom stereocenters. The molecule has 1 aromatic rings. The van der Waals surface area contributed by atoms with Crippen molar-refractivity contribution in [3.63, 3.8) is 0 Å². The van der Waals surface area contributed by atoms with Gasteiger partial charge < -0.3 is 10.0 Å². The van der Waals surface area contributed by atoms with Crippen molar-refractivity contribution in [2.75, 3.05) is 18.0 Å². The fourth-order valence-corrected chi connectivity index (χ4v) is 2.30. The Morgan fingerprint density at radius 3 is 2.56 bits per heavy atom. The zero-order chi connectivity index (χ0) is 13.0. The maximum atomic E-state index is 10.5. The lowest BCUT2D eigenvalue weighted by atomic mass is 9.92. The first kappa shape index (κ1) is 12.8. The highest BCUT2D eigenvalue weighted by Crippen LogP contribution is 2.23. The van der Waals surface area contributed by atoms with Crippen LogP contribution in [0.5, 0.6) is 0 Å². The van der Waals surface area contributed by atoms with Gasteiger partial charge in [-0.2, -0.15) is 0 Å². The lowest BCUT2D eigenvalue weighted by molar-refractivity contribution is -0.137. The van der Waals surface area contributed by atoms with E-state index < -0.39 is 5.97 Å². The van der Waals surface area contributed by atoms with Crippen molar-refractivity contribution in [2.24, 2.45) is 5.92 Å². The van der Waals surface area contributed by atoms with Crippen LogP contribution in [0.4, 0.5) is 5.95 Å². The first-order valence-electron chi connectivity index (χ1n) is 6.40. The van der Waals surface area contributed by atoms with Crippen LogP contribution in [-0.2, 0) is 4.79 Å². The molecule has 0 aromatic carbocycles. The van der Waals surface area contributed by atoms with Gasteiger partial charge in [-0.25, -0.2) is 9.97 Å². The number of aryl methyl sites for hydroxylation is 1. The third-order valence-electron chi connectivity index (χ3n) is 3.43. The van der Waals surface area contributed by atoms with E-state index in [-0.39, 0.29) is 6.42 Å². The fraction of sp³-hybridized carbons (Fsp3) is 0.615. The molecular weight excluding hydrogens is 230 g/mol. The number of anilines is 1. The Bertz CT molecular complexity index is 397. The third kappa shape index (κ3) is 3.42. The molecule has 5 nitrogen and oxygen atoms in total. The maximum absolute atomic E-state index is 10.5. The lowest BCUT2D eigenvalue weighted by Crippen LogP contribution is -2.35. The number of nitrogens with zero attached hydrogens (tertiary/aromatic N) is 3. The smallest absolute Gasteiger partial charge is 0.303 e. The highest BCUT2D eigenvalue weighted by Gasteiger charge is 2.21. The van der Waals surface area contributed by atoms with Crippen molar-refractivity contribution in [2.45, 2.75) is 32.6 Å². The first-order valence-corrected chi connectivity index (χ1v) is 6.40. The summed E-state index contributed by atoms with van der Waals surface area (Å²) in [6, 6.07) is 0. The quantitative estimate of drug-likeness (QED) is 0.882. The summed E-state index contributed by atoms with van der Waals surface area (Å²) in [5.41, 5.74) is 1.06. The van der Waals surface area contributed by atoms with Crippen LogP contribution in [0.15, 0.2) is 12.4 Å². The number of hydrogen-bond acceptors (Lipinski definition) is 4. The topological polar surface area (TPSA) is 66.3 Å². The summed E-state index contributed by atoms with van der Waals surface area (Å²) in [4.78, 5) is 21.4. The Hall–Kier alpha value is -1.65. The number of piperidine rings is 1. The van der Waals surface area contributed by atoms with E-state index in [2.05, 4.69) is 14.9 Å². The fourth-order valence-electron chi connectivity index (χ4n) is 2.30. The molecule has 0 spiro atoms. The molecule has 1 N–H and O–H groups in total. The standard InChI is InChI=1S/C13H19N3O2/c1-10-8-14-13(15-9-10)16-6-4-11(5-7-16)2-3-12(17)18/h8-9,11H,2-7H2,1H3,(H,17,18). The largest absolute Gasteiger partial charge is 0.481 e. The minimum Gasteiger partial charge on any atom is -0.481 e. The van der Waals surface area contributed by atoms with Crippen LogP contribution in [0.2, 0.25) is 0 Å². The Balaban J connectivity index is 1.83. The minimum atomic E-state index is -0.695. The van der Waals surface area contributed by atoms with E-state index in [4.69, 9.17) is 5.11 Å². The third-order valence-corrected chi connectivity index (χ3v) is 3.43. The van der Waals surface area contributed by atoms with Crippen molar-refractivity contribution >= 4 is 11.9 Å². The minimum absolute atomic E-state index is 0.283. The van der Waals surface area contributed by atoms with E-state index in [1.807, 2.05) is 19.3 Å². The molecule has 1 aromatic heterocycles. The van der Waals surface area contributed by atoms with Crippen LogP contribution in [-0.4, -0.2) is 34.1 Å². The summed E-state index contributed by atoms with van der Waals surface area (Å²) in [6.07, 6.45) is 6.80. The number of aromatic nitrogens is 2. The highest BCUT2D eigenvalue weighted by molar-refractivity contribution is 5.66. The Morgan fingerprint density at radius 1 is 1.39 bits per heavy atom. The van der Waals surface area contributed by atoms with Gasteiger partial charge >= 0.3 is 5.97 Å². The molecule has 5 heteroatoms. The zero-order valence-electron chi connectivity index (χ0n) is 10.7. The number of carboxylic acids is 1. The molecule has 1 aliphatic rings. The second-order valence-electron chi connectivity index (χ2n) is 4.92. The van der Waals surface area contributed by atoms with Crippen molar-refractivity contribution in [1.29, 1.82) is 0 Å². The second kappa shape index (κ2) is 5.80. The van der Waals surface area contributed by atoms with Crippen molar-refractivity contribution in [3.05, 3.63) is 18.0 Å². The summed E-state index contributed by atoms with van der Waals surface area (Å²) in [5, 5.41) is 8.67. The molecule has 0 bridgehead atoms. The van der Waals surface area contributed by atoms with Gasteiger partial charge in [-0.05, 0) is 37.7 Å². The van der Waals surface area contributed by atoms with E-state index >= 15 is 0 Å². The summed E-state index contributed by atoms with van der Waals surface area (Å²) in [5.74, 6) is 0.624. The highest BCUT2D eigenvalue weighted by atomic mass is 16.4. The monoisotopic (exact) mass is 249 g/mol. The molecule has 18 heavy (non-hydrogen) atoms. The van der Waals surface area contributed by atoms with Crippen molar-refractivity contribution in [3.8, 4) is 0 Å². The lowest BCUT2D eigenvalue weighted by Gasteiger charge is -2.31. The number of rotatable bonds is 4. The Morgan fingerprint density at radius 2 is 2.00 bits per heavy atom. The zero-order valence-corrected chi connectivity index (χ0v) is 10.7. The van der Waals surface area contributed by atoms with Crippen LogP contribution < -0.4 is 4.90 Å². The molecule has 1 fully saturated rings. The summed E-state index contributed by atoms with van der Waals surface area (Å²) in [6.45, 7) is 3.82. The molecule has 0 unspecified atom stereocenters. The molecule has 98 valence electrons. The second-order valence-corrected chi connectivity index (χ2v) is 4.92. The van der Waals surface area contributed by atoms with Crippen LogP contribution >= 0.6 is 0 Å². The van der Waals surface area contributed by atoms with Crippen molar-refractivity contribution < 1.29 is 9.90 Å². The van der Waals surface area contributed by atoms with Crippen LogP contribution in [0, 0.1) is 12.8 Å². The number of hydrogen-bond donors (Lipinski definition) is 1. The van der Waals surface area contributed by atoms with Gasteiger partial charge in [0.1, 0.15) is 0 Å².